The first-order valence-electron chi connectivity index (χ1n) is 3.48. The van der Waals surface area contributed by atoms with Crippen molar-refractivity contribution in [2.24, 2.45) is 5.92 Å². The van der Waals surface area contributed by atoms with Crippen molar-refractivity contribution in [1.29, 1.82) is 0 Å². The molecule has 0 spiro atoms. The Morgan fingerprint density at radius 3 is 2.30 bits per heavy atom. The van der Waals surface area contributed by atoms with Crippen LogP contribution in [0.2, 0.25) is 0 Å². The maximum atomic E-state index is 10.9. The van der Waals surface area contributed by atoms with Gasteiger partial charge in [0.05, 0.1) is 5.92 Å². The number of hydrogen-bond donors (Lipinski definition) is 0. The average Bonchev–Trinajstić information content (AvgIpc) is 1.91. The van der Waals surface area contributed by atoms with Crippen LogP contribution in [0.5, 0.6) is 0 Å². The molecule has 0 atom stereocenters. The number of esters is 1. The Bertz CT molecular complexity index is 99.8. The fraction of sp³-hybridized carbons (Fsp3) is 0.857. The third-order valence-corrected chi connectivity index (χ3v) is 1.62. The van der Waals surface area contributed by atoms with E-state index in [1.165, 1.54) is 0 Å². The van der Waals surface area contributed by atoms with Crippen LogP contribution < -0.4 is 0 Å². The smallest absolute Gasteiger partial charge is 0.310 e. The summed E-state index contributed by atoms with van der Waals surface area (Å²) in [6, 6.07) is -0.0324. The summed E-state index contributed by atoms with van der Waals surface area (Å²) >= 11 is 5.21. The summed E-state index contributed by atoms with van der Waals surface area (Å²) in [6.07, 6.45) is 1.65. The SMILES string of the molecule is CCC(CC)C(=O)OCCl. The summed E-state index contributed by atoms with van der Waals surface area (Å²) in [7, 11) is 0. The summed E-state index contributed by atoms with van der Waals surface area (Å²) in [5.41, 5.74) is 0. The highest BCUT2D eigenvalue weighted by atomic mass is 35.5. The molecule has 3 heteroatoms. The van der Waals surface area contributed by atoms with Crippen molar-refractivity contribution in [1.82, 2.24) is 0 Å². The minimum atomic E-state index is -0.181. The number of ether oxygens (including phenoxy) is 1. The highest BCUT2D eigenvalue weighted by Gasteiger charge is 2.14. The first kappa shape index (κ1) is 9.76. The van der Waals surface area contributed by atoms with Crippen LogP contribution in [-0.2, 0) is 9.53 Å². The van der Waals surface area contributed by atoms with Crippen molar-refractivity contribution in [3.8, 4) is 0 Å². The van der Waals surface area contributed by atoms with Crippen LogP contribution in [0.15, 0.2) is 0 Å². The Kier molecular flexibility index (Phi) is 5.40. The molecule has 0 amide bonds. The molecular formula is C7H13ClO2. The molecule has 0 aliphatic rings. The quantitative estimate of drug-likeness (QED) is 0.470. The third kappa shape index (κ3) is 3.06. The number of rotatable bonds is 4. The van der Waals surface area contributed by atoms with E-state index < -0.39 is 0 Å². The molecule has 60 valence electrons. The molecule has 0 N–H and O–H groups in total. The first-order valence-corrected chi connectivity index (χ1v) is 4.02. The van der Waals surface area contributed by atoms with Gasteiger partial charge in [-0.1, -0.05) is 25.4 Å². The molecule has 0 aromatic heterocycles. The van der Waals surface area contributed by atoms with Crippen LogP contribution >= 0.6 is 11.6 Å². The van der Waals surface area contributed by atoms with Gasteiger partial charge in [-0.2, -0.15) is 0 Å². The van der Waals surface area contributed by atoms with E-state index in [1.807, 2.05) is 13.8 Å². The average molecular weight is 165 g/mol. The Labute approximate surface area is 66.5 Å². The van der Waals surface area contributed by atoms with Gasteiger partial charge in [0.15, 0.2) is 6.07 Å². The molecule has 0 aromatic rings. The summed E-state index contributed by atoms with van der Waals surface area (Å²) in [5, 5.41) is 0. The van der Waals surface area contributed by atoms with Gasteiger partial charge in [-0.3, -0.25) is 4.79 Å². The van der Waals surface area contributed by atoms with Crippen molar-refractivity contribution >= 4 is 17.6 Å². The van der Waals surface area contributed by atoms with Crippen molar-refractivity contribution in [3.63, 3.8) is 0 Å². The number of carbonyl (C=O) groups excluding carboxylic acids is 1. The molecule has 0 aliphatic carbocycles. The molecular weight excluding hydrogens is 152 g/mol. The topological polar surface area (TPSA) is 26.3 Å². The van der Waals surface area contributed by atoms with Crippen molar-refractivity contribution in [2.75, 3.05) is 6.07 Å². The summed E-state index contributed by atoms with van der Waals surface area (Å²) in [5.74, 6) is -0.154. The summed E-state index contributed by atoms with van der Waals surface area (Å²) in [6.45, 7) is 3.92. The van der Waals surface area contributed by atoms with Gasteiger partial charge in [-0.05, 0) is 12.8 Å². The lowest BCUT2D eigenvalue weighted by Gasteiger charge is -2.08. The Morgan fingerprint density at radius 2 is 2.00 bits per heavy atom. The van der Waals surface area contributed by atoms with Crippen LogP contribution in [-0.4, -0.2) is 12.0 Å². The Balaban J connectivity index is 3.65. The zero-order valence-corrected chi connectivity index (χ0v) is 7.15. The molecule has 0 saturated heterocycles. The van der Waals surface area contributed by atoms with Gasteiger partial charge in [0.25, 0.3) is 0 Å². The normalized spacial score (nSPS) is 10.0. The lowest BCUT2D eigenvalue weighted by Crippen LogP contribution is -2.15. The van der Waals surface area contributed by atoms with Crippen LogP contribution in [0, 0.1) is 5.92 Å². The molecule has 0 saturated carbocycles. The lowest BCUT2D eigenvalue weighted by atomic mass is 10.0. The predicted octanol–water partition coefficient (Wildman–Crippen LogP) is 2.16. The molecule has 0 aliphatic heterocycles. The number of carbonyl (C=O) groups is 1. The maximum Gasteiger partial charge on any atom is 0.310 e. The molecule has 10 heavy (non-hydrogen) atoms. The Hall–Kier alpha value is -0.240. The molecule has 0 heterocycles. The van der Waals surface area contributed by atoms with Crippen LogP contribution in [0.25, 0.3) is 0 Å². The fourth-order valence-corrected chi connectivity index (χ4v) is 0.901. The van der Waals surface area contributed by atoms with Gasteiger partial charge in [0, 0.05) is 0 Å². The number of hydrogen-bond acceptors (Lipinski definition) is 2. The van der Waals surface area contributed by atoms with Gasteiger partial charge in [-0.25, -0.2) is 0 Å². The first-order chi connectivity index (χ1) is 4.76. The Morgan fingerprint density at radius 1 is 1.50 bits per heavy atom. The second-order valence-electron chi connectivity index (χ2n) is 2.09. The third-order valence-electron chi connectivity index (χ3n) is 1.52. The molecule has 0 fully saturated rings. The second kappa shape index (κ2) is 5.54. The van der Waals surface area contributed by atoms with Gasteiger partial charge in [0.2, 0.25) is 0 Å². The zero-order chi connectivity index (χ0) is 7.98. The van der Waals surface area contributed by atoms with E-state index >= 15 is 0 Å². The lowest BCUT2D eigenvalue weighted by molar-refractivity contribution is -0.146. The van der Waals surface area contributed by atoms with E-state index in [-0.39, 0.29) is 18.0 Å². The largest absolute Gasteiger partial charge is 0.449 e. The monoisotopic (exact) mass is 164 g/mol. The van der Waals surface area contributed by atoms with Crippen LogP contribution in [0.1, 0.15) is 26.7 Å². The molecule has 0 bridgehead atoms. The number of alkyl halides is 1. The zero-order valence-electron chi connectivity index (χ0n) is 6.39. The van der Waals surface area contributed by atoms with Crippen LogP contribution in [0.3, 0.4) is 0 Å². The molecule has 0 rings (SSSR count). The van der Waals surface area contributed by atoms with Crippen molar-refractivity contribution in [3.05, 3.63) is 0 Å². The molecule has 0 aromatic carbocycles. The summed E-state index contributed by atoms with van der Waals surface area (Å²) in [4.78, 5) is 10.9. The minimum Gasteiger partial charge on any atom is -0.449 e. The van der Waals surface area contributed by atoms with Gasteiger partial charge < -0.3 is 4.74 Å². The highest BCUT2D eigenvalue weighted by Crippen LogP contribution is 2.09. The van der Waals surface area contributed by atoms with Crippen molar-refractivity contribution < 1.29 is 9.53 Å². The standard InChI is InChI=1S/C7H13ClO2/c1-3-6(4-2)7(9)10-5-8/h6H,3-5H2,1-2H3. The minimum absolute atomic E-state index is 0.0266. The van der Waals surface area contributed by atoms with E-state index in [1.54, 1.807) is 0 Å². The van der Waals surface area contributed by atoms with Gasteiger partial charge >= 0.3 is 5.97 Å². The van der Waals surface area contributed by atoms with Gasteiger partial charge in [0.1, 0.15) is 0 Å². The van der Waals surface area contributed by atoms with Gasteiger partial charge in [-0.15, -0.1) is 0 Å². The van der Waals surface area contributed by atoms with E-state index in [9.17, 15) is 4.79 Å². The van der Waals surface area contributed by atoms with E-state index in [0.717, 1.165) is 12.8 Å². The predicted molar refractivity (Wildman–Crippen MR) is 40.9 cm³/mol. The fourth-order valence-electron chi connectivity index (χ4n) is 0.794. The highest BCUT2D eigenvalue weighted by molar-refractivity contribution is 6.17. The molecule has 0 radical (unpaired) electrons. The van der Waals surface area contributed by atoms with Crippen LogP contribution in [0.4, 0.5) is 0 Å². The maximum absolute atomic E-state index is 10.9. The molecule has 2 nitrogen and oxygen atoms in total. The molecule has 0 unspecified atom stereocenters. The van der Waals surface area contributed by atoms with E-state index in [0.29, 0.717) is 0 Å². The van der Waals surface area contributed by atoms with E-state index in [2.05, 4.69) is 4.74 Å². The second-order valence-corrected chi connectivity index (χ2v) is 2.30. The summed E-state index contributed by atoms with van der Waals surface area (Å²) < 4.78 is 4.61. The van der Waals surface area contributed by atoms with Crippen molar-refractivity contribution in [2.45, 2.75) is 26.7 Å². The number of halogens is 1. The van der Waals surface area contributed by atoms with E-state index in [4.69, 9.17) is 11.6 Å².